The number of ether oxygens (including phenoxy) is 1. The van der Waals surface area contributed by atoms with Crippen LogP contribution in [-0.4, -0.2) is 10.1 Å². The van der Waals surface area contributed by atoms with Crippen LogP contribution in [0.2, 0.25) is 5.02 Å². The van der Waals surface area contributed by atoms with Crippen LogP contribution in [0.3, 0.4) is 0 Å². The summed E-state index contributed by atoms with van der Waals surface area (Å²) >= 11 is 9.24. The molecule has 0 unspecified atom stereocenters. The highest BCUT2D eigenvalue weighted by molar-refractivity contribution is 9.10. The van der Waals surface area contributed by atoms with Crippen LogP contribution in [0.25, 0.3) is 0 Å². The van der Waals surface area contributed by atoms with Crippen LogP contribution in [-0.2, 0) is 13.0 Å². The molecule has 0 atom stereocenters. The van der Waals surface area contributed by atoms with Gasteiger partial charge in [-0.25, -0.2) is 0 Å². The Balaban J connectivity index is 1.96. The molecule has 0 bridgehead atoms. The fraction of sp³-hybridized carbons (Fsp3) is 0.385. The van der Waals surface area contributed by atoms with Gasteiger partial charge in [0.15, 0.2) is 12.4 Å². The molecule has 0 aliphatic heterocycles. The molecule has 4 nitrogen and oxygen atoms in total. The fourth-order valence-corrected chi connectivity index (χ4v) is 2.33. The number of nitrogens with zero attached hydrogens (tertiary/aromatic N) is 2. The summed E-state index contributed by atoms with van der Waals surface area (Å²) in [4.78, 5) is 4.27. The molecular formula is C13H14BrClN2O2. The molecule has 2 aromatic rings. The number of halogens is 2. The van der Waals surface area contributed by atoms with Crippen molar-refractivity contribution in [1.82, 2.24) is 10.1 Å². The van der Waals surface area contributed by atoms with Crippen LogP contribution in [0.5, 0.6) is 5.75 Å². The van der Waals surface area contributed by atoms with E-state index in [2.05, 4.69) is 39.9 Å². The molecule has 1 aromatic heterocycles. The van der Waals surface area contributed by atoms with Crippen molar-refractivity contribution in [3.8, 4) is 5.75 Å². The molecule has 0 aliphatic rings. The summed E-state index contributed by atoms with van der Waals surface area (Å²) in [6.07, 6.45) is 0.800. The quantitative estimate of drug-likeness (QED) is 0.812. The summed E-state index contributed by atoms with van der Waals surface area (Å²) in [5, 5.41) is 4.56. The van der Waals surface area contributed by atoms with Crippen molar-refractivity contribution in [3.63, 3.8) is 0 Å². The van der Waals surface area contributed by atoms with Crippen molar-refractivity contribution in [2.75, 3.05) is 0 Å². The predicted octanol–water partition coefficient (Wildman–Crippen LogP) is 4.26. The van der Waals surface area contributed by atoms with Gasteiger partial charge in [-0.05, 0) is 40.0 Å². The lowest BCUT2D eigenvalue weighted by atomic mass is 10.1. The zero-order valence-corrected chi connectivity index (χ0v) is 13.0. The number of hydrogen-bond acceptors (Lipinski definition) is 4. The minimum absolute atomic E-state index is 0.241. The lowest BCUT2D eigenvalue weighted by Crippen LogP contribution is -1.99. The number of benzene rings is 1. The minimum Gasteiger partial charge on any atom is -0.483 e. The summed E-state index contributed by atoms with van der Waals surface area (Å²) in [6, 6.07) is 5.33. The van der Waals surface area contributed by atoms with E-state index in [1.54, 1.807) is 18.2 Å². The Hall–Kier alpha value is -1.07. The van der Waals surface area contributed by atoms with Crippen LogP contribution in [0.1, 0.15) is 25.6 Å². The maximum atomic E-state index is 5.86. The third kappa shape index (κ3) is 4.21. The van der Waals surface area contributed by atoms with E-state index in [4.69, 9.17) is 20.9 Å². The molecule has 19 heavy (non-hydrogen) atoms. The van der Waals surface area contributed by atoms with E-state index in [1.807, 2.05) is 0 Å². The third-order valence-electron chi connectivity index (χ3n) is 2.35. The van der Waals surface area contributed by atoms with Gasteiger partial charge in [0.1, 0.15) is 5.75 Å². The SMILES string of the molecule is CC(C)Cc1noc(COc2ccc(Cl)cc2Br)n1. The molecule has 1 heterocycles. The van der Waals surface area contributed by atoms with Gasteiger partial charge in [-0.15, -0.1) is 0 Å². The Morgan fingerprint density at radius 2 is 2.21 bits per heavy atom. The Morgan fingerprint density at radius 3 is 2.89 bits per heavy atom. The van der Waals surface area contributed by atoms with Crippen LogP contribution in [0.15, 0.2) is 27.2 Å². The average molecular weight is 346 g/mol. The first-order valence-electron chi connectivity index (χ1n) is 5.94. The minimum atomic E-state index is 0.241. The highest BCUT2D eigenvalue weighted by Crippen LogP contribution is 2.28. The summed E-state index contributed by atoms with van der Waals surface area (Å²) in [5.41, 5.74) is 0. The van der Waals surface area contributed by atoms with Gasteiger partial charge >= 0.3 is 0 Å². The van der Waals surface area contributed by atoms with Crippen molar-refractivity contribution in [1.29, 1.82) is 0 Å². The second-order valence-electron chi connectivity index (χ2n) is 4.57. The van der Waals surface area contributed by atoms with E-state index in [0.29, 0.717) is 28.4 Å². The zero-order chi connectivity index (χ0) is 13.8. The van der Waals surface area contributed by atoms with E-state index in [9.17, 15) is 0 Å². The maximum Gasteiger partial charge on any atom is 0.264 e. The van der Waals surface area contributed by atoms with E-state index >= 15 is 0 Å². The molecule has 0 spiro atoms. The Labute approximate surface area is 125 Å². The molecule has 0 saturated carbocycles. The first-order chi connectivity index (χ1) is 9.04. The first kappa shape index (κ1) is 14.3. The summed E-state index contributed by atoms with van der Waals surface area (Å²) in [5.74, 6) is 2.37. The Kier molecular flexibility index (Phi) is 4.82. The molecule has 0 aliphatic carbocycles. The fourth-order valence-electron chi connectivity index (χ4n) is 1.53. The lowest BCUT2D eigenvalue weighted by molar-refractivity contribution is 0.241. The van der Waals surface area contributed by atoms with Crippen LogP contribution < -0.4 is 4.74 Å². The predicted molar refractivity (Wildman–Crippen MR) is 76.3 cm³/mol. The van der Waals surface area contributed by atoms with E-state index in [1.165, 1.54) is 0 Å². The monoisotopic (exact) mass is 344 g/mol. The van der Waals surface area contributed by atoms with Crippen molar-refractivity contribution >= 4 is 27.5 Å². The summed E-state index contributed by atoms with van der Waals surface area (Å²) in [6.45, 7) is 4.46. The Bertz CT molecular complexity index is 557. The second kappa shape index (κ2) is 6.39. The molecule has 6 heteroatoms. The van der Waals surface area contributed by atoms with Gasteiger partial charge in [-0.1, -0.05) is 30.6 Å². The summed E-state index contributed by atoms with van der Waals surface area (Å²) < 4.78 is 11.5. The van der Waals surface area contributed by atoms with E-state index in [0.717, 1.165) is 10.9 Å². The second-order valence-corrected chi connectivity index (χ2v) is 5.86. The molecule has 0 saturated heterocycles. The zero-order valence-electron chi connectivity index (χ0n) is 10.7. The molecule has 0 fully saturated rings. The van der Waals surface area contributed by atoms with Crippen molar-refractivity contribution in [3.05, 3.63) is 39.4 Å². The van der Waals surface area contributed by atoms with Crippen molar-refractivity contribution in [2.24, 2.45) is 5.92 Å². The van der Waals surface area contributed by atoms with Crippen molar-refractivity contribution in [2.45, 2.75) is 26.9 Å². The van der Waals surface area contributed by atoms with Gasteiger partial charge < -0.3 is 9.26 Å². The molecule has 2 rings (SSSR count). The molecule has 0 amide bonds. The van der Waals surface area contributed by atoms with Crippen LogP contribution in [0, 0.1) is 5.92 Å². The molecule has 1 aromatic carbocycles. The van der Waals surface area contributed by atoms with E-state index in [-0.39, 0.29) is 6.61 Å². The molecular weight excluding hydrogens is 332 g/mol. The highest BCUT2D eigenvalue weighted by atomic mass is 79.9. The normalized spacial score (nSPS) is 11.0. The van der Waals surface area contributed by atoms with Crippen LogP contribution >= 0.6 is 27.5 Å². The van der Waals surface area contributed by atoms with Crippen molar-refractivity contribution < 1.29 is 9.26 Å². The van der Waals surface area contributed by atoms with Gasteiger partial charge in [0.2, 0.25) is 0 Å². The van der Waals surface area contributed by atoms with E-state index < -0.39 is 0 Å². The van der Waals surface area contributed by atoms with Gasteiger partial charge in [-0.3, -0.25) is 0 Å². The number of aromatic nitrogens is 2. The maximum absolute atomic E-state index is 5.86. The van der Waals surface area contributed by atoms with Gasteiger partial charge in [-0.2, -0.15) is 4.98 Å². The van der Waals surface area contributed by atoms with Gasteiger partial charge in [0, 0.05) is 11.4 Å². The lowest BCUT2D eigenvalue weighted by Gasteiger charge is -2.05. The highest BCUT2D eigenvalue weighted by Gasteiger charge is 2.09. The number of rotatable bonds is 5. The average Bonchev–Trinajstić information content (AvgIpc) is 2.74. The van der Waals surface area contributed by atoms with Gasteiger partial charge in [0.05, 0.1) is 4.47 Å². The molecule has 0 N–H and O–H groups in total. The van der Waals surface area contributed by atoms with Gasteiger partial charge in [0.25, 0.3) is 5.89 Å². The Morgan fingerprint density at radius 1 is 1.42 bits per heavy atom. The van der Waals surface area contributed by atoms with Crippen LogP contribution in [0.4, 0.5) is 0 Å². The largest absolute Gasteiger partial charge is 0.483 e. The first-order valence-corrected chi connectivity index (χ1v) is 7.11. The number of hydrogen-bond donors (Lipinski definition) is 0. The molecule has 0 radical (unpaired) electrons. The molecule has 102 valence electrons. The topological polar surface area (TPSA) is 48.2 Å². The smallest absolute Gasteiger partial charge is 0.264 e. The standard InChI is InChI=1S/C13H14BrClN2O2/c1-8(2)5-12-16-13(19-17-12)7-18-11-4-3-9(15)6-10(11)14/h3-4,6,8H,5,7H2,1-2H3. The summed E-state index contributed by atoms with van der Waals surface area (Å²) in [7, 11) is 0. The third-order valence-corrected chi connectivity index (χ3v) is 3.20.